The highest BCUT2D eigenvalue weighted by atomic mass is 16.5. The molecular formula is C21H25NO5. The highest BCUT2D eigenvalue weighted by Gasteiger charge is 2.24. The van der Waals surface area contributed by atoms with Gasteiger partial charge in [-0.25, -0.2) is 0 Å². The number of hydrogen-bond donors (Lipinski definition) is 2. The Morgan fingerprint density at radius 2 is 2.04 bits per heavy atom. The molecule has 6 nitrogen and oxygen atoms in total. The van der Waals surface area contributed by atoms with Crippen molar-refractivity contribution < 1.29 is 24.2 Å². The van der Waals surface area contributed by atoms with E-state index in [1.807, 2.05) is 42.5 Å². The Kier molecular flexibility index (Phi) is 6.42. The van der Waals surface area contributed by atoms with E-state index in [0.29, 0.717) is 6.61 Å². The van der Waals surface area contributed by atoms with Crippen LogP contribution in [0.5, 0.6) is 0 Å². The van der Waals surface area contributed by atoms with E-state index < -0.39 is 18.1 Å². The molecule has 0 saturated carbocycles. The van der Waals surface area contributed by atoms with Gasteiger partial charge in [-0.1, -0.05) is 36.4 Å². The van der Waals surface area contributed by atoms with E-state index in [1.54, 1.807) is 6.92 Å². The number of carbonyl (C=O) groups is 2. The van der Waals surface area contributed by atoms with Gasteiger partial charge in [0.2, 0.25) is 5.91 Å². The summed E-state index contributed by atoms with van der Waals surface area (Å²) in [5.74, 6) is -1.30. The number of aliphatic carboxylic acids is 1. The number of hydrogen-bond acceptors (Lipinski definition) is 4. The lowest BCUT2D eigenvalue weighted by Gasteiger charge is -2.21. The van der Waals surface area contributed by atoms with Gasteiger partial charge in [0.05, 0.1) is 25.2 Å². The standard InChI is InChI=1S/C21H25NO5/c1-14(27-13-18-7-4-10-26-18)21(25)22-19(12-20(23)24)17-9-8-15-5-2-3-6-16(15)11-17/h2-3,5-6,8-9,11,14,18-19H,4,7,10,12-13H2,1H3,(H,22,25)(H,23,24)/t14?,18?,19-/m0/s1. The van der Waals surface area contributed by atoms with Gasteiger partial charge in [0, 0.05) is 6.61 Å². The SMILES string of the molecule is CC(OCC1CCCO1)C(=O)N[C@@H](CC(=O)O)c1ccc2ccccc2c1. The van der Waals surface area contributed by atoms with E-state index in [2.05, 4.69) is 5.32 Å². The normalized spacial score (nSPS) is 18.9. The number of ether oxygens (including phenoxy) is 2. The van der Waals surface area contributed by atoms with Crippen molar-refractivity contribution in [3.63, 3.8) is 0 Å². The molecule has 1 aliphatic heterocycles. The summed E-state index contributed by atoms with van der Waals surface area (Å²) in [5, 5.41) is 14.1. The van der Waals surface area contributed by atoms with Crippen molar-refractivity contribution in [1.29, 1.82) is 0 Å². The smallest absolute Gasteiger partial charge is 0.305 e. The highest BCUT2D eigenvalue weighted by Crippen LogP contribution is 2.23. The van der Waals surface area contributed by atoms with Crippen LogP contribution in [-0.2, 0) is 19.1 Å². The lowest BCUT2D eigenvalue weighted by molar-refractivity contribution is -0.138. The van der Waals surface area contributed by atoms with Gasteiger partial charge in [-0.05, 0) is 42.2 Å². The average Bonchev–Trinajstić information content (AvgIpc) is 3.18. The Labute approximate surface area is 158 Å². The second-order valence-electron chi connectivity index (χ2n) is 6.88. The van der Waals surface area contributed by atoms with Crippen molar-refractivity contribution in [2.24, 2.45) is 0 Å². The van der Waals surface area contributed by atoms with Gasteiger partial charge in [0.1, 0.15) is 6.10 Å². The first-order valence-electron chi connectivity index (χ1n) is 9.27. The molecule has 0 radical (unpaired) electrons. The number of rotatable bonds is 8. The molecule has 3 atom stereocenters. The summed E-state index contributed by atoms with van der Waals surface area (Å²) in [7, 11) is 0. The minimum atomic E-state index is -0.971. The molecule has 1 saturated heterocycles. The molecule has 0 bridgehead atoms. The predicted molar refractivity (Wildman–Crippen MR) is 101 cm³/mol. The number of fused-ring (bicyclic) bond motifs is 1. The molecule has 0 spiro atoms. The van der Waals surface area contributed by atoms with E-state index in [9.17, 15) is 14.7 Å². The van der Waals surface area contributed by atoms with Crippen LogP contribution in [-0.4, -0.2) is 42.4 Å². The van der Waals surface area contributed by atoms with Gasteiger partial charge in [0.15, 0.2) is 0 Å². The van der Waals surface area contributed by atoms with Crippen molar-refractivity contribution in [2.45, 2.75) is 44.4 Å². The van der Waals surface area contributed by atoms with Crippen molar-refractivity contribution >= 4 is 22.6 Å². The first-order chi connectivity index (χ1) is 13.0. The van der Waals surface area contributed by atoms with Gasteiger partial charge in [-0.15, -0.1) is 0 Å². The predicted octanol–water partition coefficient (Wildman–Crippen LogP) is 3.06. The molecule has 2 N–H and O–H groups in total. The average molecular weight is 371 g/mol. The second-order valence-corrected chi connectivity index (χ2v) is 6.88. The molecule has 27 heavy (non-hydrogen) atoms. The largest absolute Gasteiger partial charge is 0.481 e. The fraction of sp³-hybridized carbons (Fsp3) is 0.429. The molecule has 2 aromatic carbocycles. The fourth-order valence-electron chi connectivity index (χ4n) is 3.24. The molecule has 0 aliphatic carbocycles. The Bertz CT molecular complexity index is 800. The zero-order valence-electron chi connectivity index (χ0n) is 15.4. The van der Waals surface area contributed by atoms with E-state index >= 15 is 0 Å². The van der Waals surface area contributed by atoms with Gasteiger partial charge in [-0.3, -0.25) is 9.59 Å². The maximum atomic E-state index is 12.5. The summed E-state index contributed by atoms with van der Waals surface area (Å²) in [4.78, 5) is 23.8. The van der Waals surface area contributed by atoms with Gasteiger partial charge >= 0.3 is 5.97 Å². The van der Waals surface area contributed by atoms with Crippen molar-refractivity contribution in [3.8, 4) is 0 Å². The van der Waals surface area contributed by atoms with Crippen LogP contribution in [0.4, 0.5) is 0 Å². The lowest BCUT2D eigenvalue weighted by atomic mass is 9.99. The highest BCUT2D eigenvalue weighted by molar-refractivity contribution is 5.84. The molecule has 144 valence electrons. The van der Waals surface area contributed by atoms with Gasteiger partial charge < -0.3 is 19.9 Å². The Hall–Kier alpha value is -2.44. The summed E-state index contributed by atoms with van der Waals surface area (Å²) in [5.41, 5.74) is 0.760. The minimum Gasteiger partial charge on any atom is -0.481 e. The van der Waals surface area contributed by atoms with Crippen LogP contribution in [0.1, 0.15) is 37.8 Å². The monoisotopic (exact) mass is 371 g/mol. The van der Waals surface area contributed by atoms with Crippen LogP contribution in [0.2, 0.25) is 0 Å². The van der Waals surface area contributed by atoms with Crippen molar-refractivity contribution in [2.75, 3.05) is 13.2 Å². The molecular weight excluding hydrogens is 346 g/mol. The van der Waals surface area contributed by atoms with E-state index in [1.165, 1.54) is 0 Å². The topological polar surface area (TPSA) is 84.9 Å². The van der Waals surface area contributed by atoms with Crippen LogP contribution in [0.15, 0.2) is 42.5 Å². The fourth-order valence-corrected chi connectivity index (χ4v) is 3.24. The summed E-state index contributed by atoms with van der Waals surface area (Å²) in [6.45, 7) is 2.77. The first-order valence-corrected chi connectivity index (χ1v) is 9.27. The maximum absolute atomic E-state index is 12.5. The summed E-state index contributed by atoms with van der Waals surface area (Å²) < 4.78 is 11.1. The van der Waals surface area contributed by atoms with Crippen LogP contribution >= 0.6 is 0 Å². The minimum absolute atomic E-state index is 0.0376. The third kappa shape index (κ3) is 5.28. The number of carboxylic acids is 1. The van der Waals surface area contributed by atoms with Crippen molar-refractivity contribution in [3.05, 3.63) is 48.0 Å². The number of amides is 1. The quantitative estimate of drug-likeness (QED) is 0.745. The molecule has 1 aliphatic rings. The van der Waals surface area contributed by atoms with Crippen LogP contribution < -0.4 is 5.32 Å². The van der Waals surface area contributed by atoms with Crippen molar-refractivity contribution in [1.82, 2.24) is 5.32 Å². The summed E-state index contributed by atoms with van der Waals surface area (Å²) in [6.07, 6.45) is 1.12. The number of carboxylic acid groups (broad SMARTS) is 1. The second kappa shape index (κ2) is 8.97. The molecule has 1 heterocycles. The Morgan fingerprint density at radius 3 is 2.74 bits per heavy atom. The van der Waals surface area contributed by atoms with E-state index in [0.717, 1.165) is 35.8 Å². The third-order valence-corrected chi connectivity index (χ3v) is 4.80. The molecule has 1 amide bonds. The van der Waals surface area contributed by atoms with E-state index in [-0.39, 0.29) is 18.4 Å². The molecule has 1 fully saturated rings. The zero-order valence-corrected chi connectivity index (χ0v) is 15.4. The van der Waals surface area contributed by atoms with Crippen LogP contribution in [0, 0.1) is 0 Å². The number of benzene rings is 2. The summed E-state index contributed by atoms with van der Waals surface area (Å²) >= 11 is 0. The zero-order chi connectivity index (χ0) is 19.2. The Morgan fingerprint density at radius 1 is 1.26 bits per heavy atom. The number of nitrogens with one attached hydrogen (secondary N) is 1. The van der Waals surface area contributed by atoms with Gasteiger partial charge in [-0.2, -0.15) is 0 Å². The van der Waals surface area contributed by atoms with Crippen LogP contribution in [0.3, 0.4) is 0 Å². The first kappa shape index (κ1) is 19.3. The molecule has 2 aromatic rings. The third-order valence-electron chi connectivity index (χ3n) is 4.80. The molecule has 6 heteroatoms. The maximum Gasteiger partial charge on any atom is 0.305 e. The molecule has 3 rings (SSSR count). The van der Waals surface area contributed by atoms with E-state index in [4.69, 9.17) is 9.47 Å². The van der Waals surface area contributed by atoms with Crippen LogP contribution in [0.25, 0.3) is 10.8 Å². The molecule has 2 unspecified atom stereocenters. The Balaban J connectivity index is 1.67. The van der Waals surface area contributed by atoms with Gasteiger partial charge in [0.25, 0.3) is 0 Å². The molecule has 0 aromatic heterocycles. The number of carbonyl (C=O) groups excluding carboxylic acids is 1. The lowest BCUT2D eigenvalue weighted by Crippen LogP contribution is -2.39. The summed E-state index contributed by atoms with van der Waals surface area (Å²) in [6, 6.07) is 12.9.